The van der Waals surface area contributed by atoms with Crippen molar-refractivity contribution in [3.63, 3.8) is 0 Å². The number of hydrogen-bond donors (Lipinski definition) is 1. The van der Waals surface area contributed by atoms with Gasteiger partial charge in [0.05, 0.1) is 13.1 Å². The highest BCUT2D eigenvalue weighted by Crippen LogP contribution is 2.15. The molecule has 0 saturated carbocycles. The number of benzene rings is 3. The van der Waals surface area contributed by atoms with Gasteiger partial charge in [0.2, 0.25) is 5.91 Å². The van der Waals surface area contributed by atoms with Crippen molar-refractivity contribution in [3.05, 3.63) is 134 Å². The van der Waals surface area contributed by atoms with E-state index in [4.69, 9.17) is 10.5 Å². The molecule has 0 unspecified atom stereocenters. The molecule has 7 nitrogen and oxygen atoms in total. The minimum absolute atomic E-state index is 0.140. The van der Waals surface area contributed by atoms with Gasteiger partial charge in [0.25, 0.3) is 5.56 Å². The summed E-state index contributed by atoms with van der Waals surface area (Å²) in [6.45, 7) is 0.419. The van der Waals surface area contributed by atoms with E-state index in [2.05, 4.69) is 0 Å². The second kappa shape index (κ2) is 9.99. The van der Waals surface area contributed by atoms with Crippen molar-refractivity contribution in [3.8, 4) is 5.75 Å². The first-order valence-electron chi connectivity index (χ1n) is 10.5. The molecule has 1 aromatic heterocycles. The van der Waals surface area contributed by atoms with Gasteiger partial charge in [0.1, 0.15) is 18.2 Å². The Kier molecular flexibility index (Phi) is 6.68. The van der Waals surface area contributed by atoms with Gasteiger partial charge in [0.15, 0.2) is 0 Å². The number of ether oxygens (including phenoxy) is 1. The highest BCUT2D eigenvalue weighted by atomic mass is 19.1. The summed E-state index contributed by atoms with van der Waals surface area (Å²) in [7, 11) is 0. The molecular formula is C26H22FN3O4. The molecular weight excluding hydrogens is 437 g/mol. The average Bonchev–Trinajstić information content (AvgIpc) is 2.84. The van der Waals surface area contributed by atoms with Gasteiger partial charge >= 0.3 is 5.69 Å². The Balaban J connectivity index is 1.44. The number of nitrogens with zero attached hydrogens (tertiary/aromatic N) is 2. The smallest absolute Gasteiger partial charge is 0.331 e. The van der Waals surface area contributed by atoms with Crippen molar-refractivity contribution in [1.29, 1.82) is 0 Å². The van der Waals surface area contributed by atoms with Crippen molar-refractivity contribution in [2.75, 3.05) is 0 Å². The molecule has 172 valence electrons. The first kappa shape index (κ1) is 22.7. The van der Waals surface area contributed by atoms with E-state index in [1.807, 2.05) is 12.1 Å². The minimum atomic E-state index is -0.518. The fourth-order valence-corrected chi connectivity index (χ4v) is 3.44. The predicted octanol–water partition coefficient (Wildman–Crippen LogP) is 2.92. The molecule has 8 heteroatoms. The molecule has 3 aromatic carbocycles. The standard InChI is InChI=1S/C26H22FN3O4/c27-23-4-2-1-3-21(23)16-30-24(31)13-14-29(26(30)33)15-18-7-11-22(12-8-18)34-17-19-5-9-20(10-6-19)25(28)32/h1-14H,15-17H2,(H2,28,32). The van der Waals surface area contributed by atoms with Crippen LogP contribution in [0.1, 0.15) is 27.0 Å². The van der Waals surface area contributed by atoms with Gasteiger partial charge in [-0.15, -0.1) is 0 Å². The lowest BCUT2D eigenvalue weighted by atomic mass is 10.1. The number of aromatic nitrogens is 2. The van der Waals surface area contributed by atoms with Crippen molar-refractivity contribution >= 4 is 5.91 Å². The van der Waals surface area contributed by atoms with Crippen molar-refractivity contribution < 1.29 is 13.9 Å². The largest absolute Gasteiger partial charge is 0.489 e. The van der Waals surface area contributed by atoms with Crippen LogP contribution in [-0.4, -0.2) is 15.0 Å². The van der Waals surface area contributed by atoms with Crippen LogP contribution in [0.4, 0.5) is 4.39 Å². The van der Waals surface area contributed by atoms with Crippen LogP contribution in [0.3, 0.4) is 0 Å². The van der Waals surface area contributed by atoms with E-state index in [1.54, 1.807) is 54.6 Å². The Morgan fingerprint density at radius 1 is 0.853 bits per heavy atom. The number of halogens is 1. The van der Waals surface area contributed by atoms with Crippen LogP contribution < -0.4 is 21.7 Å². The summed E-state index contributed by atoms with van der Waals surface area (Å²) in [6, 6.07) is 21.4. The van der Waals surface area contributed by atoms with Gasteiger partial charge in [-0.25, -0.2) is 9.18 Å². The number of carbonyl (C=O) groups excluding carboxylic acids is 1. The Morgan fingerprint density at radius 3 is 2.21 bits per heavy atom. The van der Waals surface area contributed by atoms with Crippen LogP contribution in [0.15, 0.2) is 94.6 Å². The fraction of sp³-hybridized carbons (Fsp3) is 0.115. The highest BCUT2D eigenvalue weighted by molar-refractivity contribution is 5.92. The molecule has 4 rings (SSSR count). The van der Waals surface area contributed by atoms with Gasteiger partial charge in [-0.3, -0.25) is 18.7 Å². The normalized spacial score (nSPS) is 10.7. The third kappa shape index (κ3) is 5.29. The lowest BCUT2D eigenvalue weighted by molar-refractivity contribution is 0.1000. The molecule has 1 amide bonds. The summed E-state index contributed by atoms with van der Waals surface area (Å²) in [5, 5.41) is 0. The molecule has 2 N–H and O–H groups in total. The molecule has 1 heterocycles. The Hall–Kier alpha value is -4.46. The molecule has 0 aliphatic heterocycles. The van der Waals surface area contributed by atoms with E-state index in [-0.39, 0.29) is 18.7 Å². The van der Waals surface area contributed by atoms with Crippen LogP contribution in [0.2, 0.25) is 0 Å². The SMILES string of the molecule is NC(=O)c1ccc(COc2ccc(Cn3ccc(=O)n(Cc4ccccc4F)c3=O)cc2)cc1. The van der Waals surface area contributed by atoms with E-state index >= 15 is 0 Å². The van der Waals surface area contributed by atoms with Crippen molar-refractivity contribution in [2.24, 2.45) is 5.73 Å². The van der Waals surface area contributed by atoms with E-state index < -0.39 is 23.0 Å². The van der Waals surface area contributed by atoms with Gasteiger partial charge in [-0.1, -0.05) is 42.5 Å². The summed E-state index contributed by atoms with van der Waals surface area (Å²) in [5.74, 6) is -0.312. The lowest BCUT2D eigenvalue weighted by Gasteiger charge is -2.11. The zero-order chi connectivity index (χ0) is 24.1. The molecule has 0 saturated heterocycles. The van der Waals surface area contributed by atoms with Crippen LogP contribution >= 0.6 is 0 Å². The summed E-state index contributed by atoms with van der Waals surface area (Å²) in [4.78, 5) is 36.2. The lowest BCUT2D eigenvalue weighted by Crippen LogP contribution is -2.39. The second-order valence-corrected chi connectivity index (χ2v) is 7.74. The molecule has 0 aliphatic carbocycles. The average molecular weight is 459 g/mol. The first-order chi connectivity index (χ1) is 16.4. The number of nitrogens with two attached hydrogens (primary N) is 1. The summed E-state index contributed by atoms with van der Waals surface area (Å²) in [5.41, 5.74) is 6.65. The van der Waals surface area contributed by atoms with Crippen molar-refractivity contribution in [1.82, 2.24) is 9.13 Å². The quantitative estimate of drug-likeness (QED) is 0.438. The monoisotopic (exact) mass is 459 g/mol. The highest BCUT2D eigenvalue weighted by Gasteiger charge is 2.09. The fourth-order valence-electron chi connectivity index (χ4n) is 3.44. The number of hydrogen-bond acceptors (Lipinski definition) is 4. The molecule has 0 radical (unpaired) electrons. The maximum atomic E-state index is 14.0. The summed E-state index contributed by atoms with van der Waals surface area (Å²) in [6.07, 6.45) is 1.43. The Labute approximate surface area is 194 Å². The zero-order valence-electron chi connectivity index (χ0n) is 18.2. The Bertz CT molecular complexity index is 1420. The van der Waals surface area contributed by atoms with Gasteiger partial charge in [0, 0.05) is 23.4 Å². The molecule has 0 bridgehead atoms. The summed E-state index contributed by atoms with van der Waals surface area (Å²) >= 11 is 0. The number of primary amides is 1. The molecule has 0 fully saturated rings. The van der Waals surface area contributed by atoms with E-state index in [0.29, 0.717) is 17.9 Å². The van der Waals surface area contributed by atoms with Gasteiger partial charge in [-0.05, 0) is 41.5 Å². The first-order valence-corrected chi connectivity index (χ1v) is 10.5. The third-order valence-corrected chi connectivity index (χ3v) is 5.35. The summed E-state index contributed by atoms with van der Waals surface area (Å²) < 4.78 is 22.2. The molecule has 4 aromatic rings. The minimum Gasteiger partial charge on any atom is -0.489 e. The molecule has 34 heavy (non-hydrogen) atoms. The van der Waals surface area contributed by atoms with Crippen LogP contribution in [0.25, 0.3) is 0 Å². The second-order valence-electron chi connectivity index (χ2n) is 7.74. The maximum absolute atomic E-state index is 14.0. The number of rotatable bonds is 8. The third-order valence-electron chi connectivity index (χ3n) is 5.35. The van der Waals surface area contributed by atoms with Crippen LogP contribution in [0, 0.1) is 5.82 Å². The number of carbonyl (C=O) groups is 1. The van der Waals surface area contributed by atoms with E-state index in [9.17, 15) is 18.8 Å². The molecule has 0 spiro atoms. The van der Waals surface area contributed by atoms with Gasteiger partial charge in [-0.2, -0.15) is 0 Å². The Morgan fingerprint density at radius 2 is 1.53 bits per heavy atom. The van der Waals surface area contributed by atoms with Crippen molar-refractivity contribution in [2.45, 2.75) is 19.7 Å². The number of amides is 1. The van der Waals surface area contributed by atoms with E-state index in [0.717, 1.165) is 15.7 Å². The van der Waals surface area contributed by atoms with E-state index in [1.165, 1.54) is 22.9 Å². The van der Waals surface area contributed by atoms with Crippen LogP contribution in [-0.2, 0) is 19.7 Å². The van der Waals surface area contributed by atoms with Crippen LogP contribution in [0.5, 0.6) is 5.75 Å². The van der Waals surface area contributed by atoms with Gasteiger partial charge < -0.3 is 10.5 Å². The zero-order valence-corrected chi connectivity index (χ0v) is 18.2. The molecule has 0 atom stereocenters. The molecule has 0 aliphatic rings. The predicted molar refractivity (Wildman–Crippen MR) is 125 cm³/mol. The maximum Gasteiger partial charge on any atom is 0.331 e. The topological polar surface area (TPSA) is 96.3 Å².